The third-order valence-electron chi connectivity index (χ3n) is 4.39. The smallest absolute Gasteiger partial charge is 0.411 e. The molecule has 1 N–H and O–H groups in total. The SMILES string of the molecule is O=C(COC(=O)c1ccc(COCC(F)(F)F)cc1)NC(c1ccc(F)cc1)c1cccs1. The van der Waals surface area contributed by atoms with Gasteiger partial charge in [0.25, 0.3) is 5.91 Å². The molecule has 1 atom stereocenters. The van der Waals surface area contributed by atoms with Gasteiger partial charge in [0.05, 0.1) is 18.2 Å². The van der Waals surface area contributed by atoms with Crippen molar-refractivity contribution in [3.8, 4) is 0 Å². The van der Waals surface area contributed by atoms with Crippen LogP contribution in [0.1, 0.15) is 32.4 Å². The third kappa shape index (κ3) is 7.69. The molecule has 0 fully saturated rings. The molecule has 1 unspecified atom stereocenters. The van der Waals surface area contributed by atoms with Gasteiger partial charge < -0.3 is 14.8 Å². The first-order valence-corrected chi connectivity index (χ1v) is 10.6. The van der Waals surface area contributed by atoms with Gasteiger partial charge in [-0.1, -0.05) is 30.3 Å². The van der Waals surface area contributed by atoms with E-state index >= 15 is 0 Å². The molecule has 1 amide bonds. The second-order valence-corrected chi connectivity index (χ2v) is 7.93. The summed E-state index contributed by atoms with van der Waals surface area (Å²) in [6, 6.07) is 14.4. The van der Waals surface area contributed by atoms with E-state index < -0.39 is 43.1 Å². The molecule has 5 nitrogen and oxygen atoms in total. The zero-order chi connectivity index (χ0) is 23.8. The van der Waals surface area contributed by atoms with E-state index in [1.807, 2.05) is 17.5 Å². The van der Waals surface area contributed by atoms with Crippen LogP contribution in [-0.2, 0) is 20.9 Å². The average Bonchev–Trinajstić information content (AvgIpc) is 3.31. The first-order valence-electron chi connectivity index (χ1n) is 9.70. The van der Waals surface area contributed by atoms with Crippen LogP contribution in [0.3, 0.4) is 0 Å². The van der Waals surface area contributed by atoms with Gasteiger partial charge in [0, 0.05) is 4.88 Å². The highest BCUT2D eigenvalue weighted by molar-refractivity contribution is 7.10. The number of ether oxygens (including phenoxy) is 2. The number of halogens is 4. The van der Waals surface area contributed by atoms with Gasteiger partial charge in [-0.25, -0.2) is 9.18 Å². The van der Waals surface area contributed by atoms with Crippen LogP contribution >= 0.6 is 11.3 Å². The van der Waals surface area contributed by atoms with E-state index in [0.717, 1.165) is 4.88 Å². The van der Waals surface area contributed by atoms with Gasteiger partial charge in [-0.05, 0) is 46.8 Å². The standard InChI is InChI=1S/C23H19F4NO4S/c24-18-9-7-16(8-10-18)21(19-2-1-11-33-19)28-20(29)13-32-22(30)17-5-3-15(4-6-17)12-31-14-23(25,26)27/h1-11,21H,12-14H2,(H,28,29). The predicted molar refractivity (Wildman–Crippen MR) is 113 cm³/mol. The quantitative estimate of drug-likeness (QED) is 0.344. The average molecular weight is 481 g/mol. The molecular formula is C23H19F4NO4S. The van der Waals surface area contributed by atoms with Crippen molar-refractivity contribution in [2.75, 3.05) is 13.2 Å². The van der Waals surface area contributed by atoms with Crippen LogP contribution in [0.4, 0.5) is 17.6 Å². The summed E-state index contributed by atoms with van der Waals surface area (Å²) >= 11 is 1.41. The van der Waals surface area contributed by atoms with Crippen molar-refractivity contribution < 1.29 is 36.6 Å². The maximum absolute atomic E-state index is 13.3. The number of benzene rings is 2. The Morgan fingerprint density at radius 3 is 2.30 bits per heavy atom. The molecule has 2 aromatic carbocycles. The Morgan fingerprint density at radius 2 is 1.70 bits per heavy atom. The number of hydrogen-bond donors (Lipinski definition) is 1. The molecule has 33 heavy (non-hydrogen) atoms. The van der Waals surface area contributed by atoms with E-state index in [4.69, 9.17) is 4.74 Å². The van der Waals surface area contributed by atoms with Gasteiger partial charge >= 0.3 is 12.1 Å². The highest BCUT2D eigenvalue weighted by Crippen LogP contribution is 2.26. The van der Waals surface area contributed by atoms with Crippen molar-refractivity contribution in [3.63, 3.8) is 0 Å². The number of thiophene rings is 1. The Labute approximate surface area is 191 Å². The molecule has 3 aromatic rings. The molecule has 0 aliphatic heterocycles. The molecule has 0 bridgehead atoms. The highest BCUT2D eigenvalue weighted by Gasteiger charge is 2.27. The van der Waals surface area contributed by atoms with Crippen molar-refractivity contribution in [1.29, 1.82) is 0 Å². The molecule has 1 heterocycles. The number of carbonyl (C=O) groups excluding carboxylic acids is 2. The summed E-state index contributed by atoms with van der Waals surface area (Å²) in [5.41, 5.74) is 1.25. The molecule has 3 rings (SSSR count). The number of hydrogen-bond acceptors (Lipinski definition) is 5. The summed E-state index contributed by atoms with van der Waals surface area (Å²) in [7, 11) is 0. The van der Waals surface area contributed by atoms with Gasteiger partial charge in [0.15, 0.2) is 6.61 Å². The Kier molecular flexibility index (Phi) is 8.18. The Morgan fingerprint density at radius 1 is 1.00 bits per heavy atom. The summed E-state index contributed by atoms with van der Waals surface area (Å²) in [6.07, 6.45) is -4.41. The maximum Gasteiger partial charge on any atom is 0.411 e. The van der Waals surface area contributed by atoms with E-state index in [2.05, 4.69) is 10.1 Å². The van der Waals surface area contributed by atoms with Crippen molar-refractivity contribution >= 4 is 23.2 Å². The zero-order valence-corrected chi connectivity index (χ0v) is 17.9. The third-order valence-corrected chi connectivity index (χ3v) is 5.33. The number of amides is 1. The molecule has 0 aliphatic rings. The Hall–Kier alpha value is -3.24. The lowest BCUT2D eigenvalue weighted by atomic mass is 10.1. The lowest BCUT2D eigenvalue weighted by Crippen LogP contribution is -2.32. The lowest BCUT2D eigenvalue weighted by Gasteiger charge is -2.18. The lowest BCUT2D eigenvalue weighted by molar-refractivity contribution is -0.176. The monoisotopic (exact) mass is 481 g/mol. The predicted octanol–water partition coefficient (Wildman–Crippen LogP) is 5.03. The number of carbonyl (C=O) groups is 2. The van der Waals surface area contributed by atoms with E-state index in [1.54, 1.807) is 12.1 Å². The fraction of sp³-hybridized carbons (Fsp3) is 0.217. The van der Waals surface area contributed by atoms with Crippen molar-refractivity contribution in [2.45, 2.75) is 18.8 Å². The summed E-state index contributed by atoms with van der Waals surface area (Å²) < 4.78 is 59.2. The fourth-order valence-electron chi connectivity index (χ4n) is 2.87. The summed E-state index contributed by atoms with van der Waals surface area (Å²) in [5.74, 6) is -1.72. The molecule has 0 radical (unpaired) electrons. The molecule has 174 valence electrons. The topological polar surface area (TPSA) is 64.6 Å². The minimum Gasteiger partial charge on any atom is -0.452 e. The van der Waals surface area contributed by atoms with Gasteiger partial charge in [0.2, 0.25) is 0 Å². The minimum atomic E-state index is -4.41. The van der Waals surface area contributed by atoms with Crippen LogP contribution < -0.4 is 5.32 Å². The van der Waals surface area contributed by atoms with Crippen LogP contribution in [-0.4, -0.2) is 31.3 Å². The van der Waals surface area contributed by atoms with E-state index in [0.29, 0.717) is 11.1 Å². The highest BCUT2D eigenvalue weighted by atomic mass is 32.1. The number of nitrogens with one attached hydrogen (secondary N) is 1. The number of esters is 1. The Balaban J connectivity index is 1.53. The van der Waals surface area contributed by atoms with Gasteiger partial charge in [-0.2, -0.15) is 13.2 Å². The van der Waals surface area contributed by atoms with Crippen LogP contribution in [0, 0.1) is 5.82 Å². The molecule has 0 saturated heterocycles. The van der Waals surface area contributed by atoms with E-state index in [9.17, 15) is 27.2 Å². The number of alkyl halides is 3. The van der Waals surface area contributed by atoms with E-state index in [1.165, 1.54) is 47.7 Å². The fourth-order valence-corrected chi connectivity index (χ4v) is 3.67. The van der Waals surface area contributed by atoms with Gasteiger partial charge in [0.1, 0.15) is 12.4 Å². The molecular weight excluding hydrogens is 462 g/mol. The largest absolute Gasteiger partial charge is 0.452 e. The van der Waals surface area contributed by atoms with Crippen LogP contribution in [0.2, 0.25) is 0 Å². The Bertz CT molecular complexity index is 1050. The first kappa shape index (κ1) is 24.4. The second-order valence-electron chi connectivity index (χ2n) is 6.95. The molecule has 1 aromatic heterocycles. The van der Waals surface area contributed by atoms with Crippen molar-refractivity contribution in [3.05, 3.63) is 93.4 Å². The second kappa shape index (κ2) is 11.1. The maximum atomic E-state index is 13.3. The van der Waals surface area contributed by atoms with Gasteiger partial charge in [-0.3, -0.25) is 4.79 Å². The van der Waals surface area contributed by atoms with Crippen LogP contribution in [0.25, 0.3) is 0 Å². The van der Waals surface area contributed by atoms with Crippen LogP contribution in [0.5, 0.6) is 0 Å². The number of rotatable bonds is 9. The van der Waals surface area contributed by atoms with Crippen molar-refractivity contribution in [2.24, 2.45) is 0 Å². The summed E-state index contributed by atoms with van der Waals surface area (Å²) in [5, 5.41) is 4.61. The zero-order valence-electron chi connectivity index (χ0n) is 17.1. The first-order chi connectivity index (χ1) is 15.7. The van der Waals surface area contributed by atoms with E-state index in [-0.39, 0.29) is 12.2 Å². The van der Waals surface area contributed by atoms with Gasteiger partial charge in [-0.15, -0.1) is 11.3 Å². The molecule has 0 saturated carbocycles. The minimum absolute atomic E-state index is 0.135. The summed E-state index contributed by atoms with van der Waals surface area (Å²) in [6.45, 7) is -2.17. The molecule has 0 aliphatic carbocycles. The van der Waals surface area contributed by atoms with Crippen molar-refractivity contribution in [1.82, 2.24) is 5.32 Å². The summed E-state index contributed by atoms with van der Waals surface area (Å²) in [4.78, 5) is 25.4. The normalized spacial score (nSPS) is 12.2. The van der Waals surface area contributed by atoms with Crippen LogP contribution in [0.15, 0.2) is 66.0 Å². The molecule has 10 heteroatoms. The molecule has 0 spiro atoms.